The van der Waals surface area contributed by atoms with Crippen LogP contribution >= 0.6 is 43.5 Å². The van der Waals surface area contributed by atoms with Crippen molar-refractivity contribution < 1.29 is 19.1 Å². The summed E-state index contributed by atoms with van der Waals surface area (Å²) in [6.07, 6.45) is 13.0. The molecule has 2 saturated heterocycles. The number of ether oxygens (including phenoxy) is 1. The van der Waals surface area contributed by atoms with Crippen LogP contribution in [0.5, 0.6) is 0 Å². The van der Waals surface area contributed by atoms with E-state index in [1.165, 1.54) is 16.7 Å². The maximum absolute atomic E-state index is 13.6. The first-order valence-electron chi connectivity index (χ1n) is 17.7. The number of aromatic nitrogens is 2. The summed E-state index contributed by atoms with van der Waals surface area (Å²) in [4.78, 5) is 50.8. The van der Waals surface area contributed by atoms with Crippen molar-refractivity contribution in [2.75, 3.05) is 26.2 Å². The van der Waals surface area contributed by atoms with Gasteiger partial charge in [0.1, 0.15) is 11.6 Å². The number of alkyl carbamates (subject to hydrolysis) is 1. The Bertz CT molecular complexity index is 1620. The number of piperidine rings is 2. The first-order valence-corrected chi connectivity index (χ1v) is 19.6. The van der Waals surface area contributed by atoms with Gasteiger partial charge in [-0.2, -0.15) is 0 Å². The number of aryl methyl sites for hydroxylation is 1. The van der Waals surface area contributed by atoms with Crippen molar-refractivity contribution in [1.82, 2.24) is 30.4 Å². The largest absolute Gasteiger partial charge is 0.444 e. The molecule has 3 aliphatic heterocycles. The van der Waals surface area contributed by atoms with Crippen molar-refractivity contribution >= 4 is 61.4 Å². The molecular formula is C37H47Br2ClN6O4. The number of rotatable bonds is 7. The number of benzene rings is 1. The van der Waals surface area contributed by atoms with Crippen LogP contribution < -0.4 is 10.6 Å². The predicted octanol–water partition coefficient (Wildman–Crippen LogP) is 6.99. The zero-order chi connectivity index (χ0) is 35.6. The number of carbonyl (C=O) groups excluding carboxylic acids is 3. The number of carbonyl (C=O) groups is 3. The van der Waals surface area contributed by atoms with Crippen LogP contribution in [0.15, 0.2) is 51.5 Å². The highest BCUT2D eigenvalue weighted by Crippen LogP contribution is 2.47. The lowest BCUT2D eigenvalue weighted by molar-refractivity contribution is -0.136. The lowest BCUT2D eigenvalue weighted by Crippen LogP contribution is -2.52. The van der Waals surface area contributed by atoms with Gasteiger partial charge in [-0.15, -0.1) is 0 Å². The standard InChI is InChI=1S/C37H47Br2ClN6O4/c1-37(2,3)50-36(49)44-30(18-28-20-41-21-43-28)35(48)46-10-6-22(7-11-46)14-31(47)45-12-8-23(9-13-45)33-32-24(16-27(40)17-29(32)39)4-5-25-15-26(38)19-42-34(25)33/h15-17,19-23,30,33-34,42H,4-14,18H2,1-3H3,(H,41,43)(H,44,49)/t30-,33?,34?/m0/s1. The number of likely N-dealkylation sites (tertiary alicyclic amines) is 2. The molecule has 13 heteroatoms. The number of nitrogens with one attached hydrogen (secondary N) is 3. The number of aromatic amines is 1. The van der Waals surface area contributed by atoms with Gasteiger partial charge in [0.15, 0.2) is 0 Å². The second-order valence-corrected chi connectivity index (χ2v) is 17.3. The Morgan fingerprint density at radius 1 is 1.06 bits per heavy atom. The third kappa shape index (κ3) is 8.96. The summed E-state index contributed by atoms with van der Waals surface area (Å²) in [6.45, 7) is 7.95. The van der Waals surface area contributed by atoms with E-state index in [9.17, 15) is 14.4 Å². The fourth-order valence-corrected chi connectivity index (χ4v) is 9.61. The van der Waals surface area contributed by atoms with E-state index in [1.54, 1.807) is 38.2 Å². The quantitative estimate of drug-likeness (QED) is 0.277. The molecule has 2 aromatic rings. The van der Waals surface area contributed by atoms with Crippen LogP contribution in [-0.2, 0) is 27.2 Å². The molecule has 3 N–H and O–H groups in total. The van der Waals surface area contributed by atoms with Gasteiger partial charge in [-0.3, -0.25) is 9.59 Å². The molecule has 3 amide bonds. The van der Waals surface area contributed by atoms with E-state index in [0.29, 0.717) is 25.4 Å². The summed E-state index contributed by atoms with van der Waals surface area (Å²) < 4.78 is 7.57. The summed E-state index contributed by atoms with van der Waals surface area (Å²) in [6, 6.07) is 3.57. The van der Waals surface area contributed by atoms with Gasteiger partial charge in [0.05, 0.1) is 12.4 Å². The molecule has 4 heterocycles. The van der Waals surface area contributed by atoms with Crippen molar-refractivity contribution in [1.29, 1.82) is 0 Å². The Morgan fingerprint density at radius 3 is 2.46 bits per heavy atom. The molecule has 0 bridgehead atoms. The van der Waals surface area contributed by atoms with Gasteiger partial charge in [-0.1, -0.05) is 27.5 Å². The number of amides is 3. The van der Waals surface area contributed by atoms with E-state index < -0.39 is 17.7 Å². The van der Waals surface area contributed by atoms with Crippen LogP contribution in [0.25, 0.3) is 0 Å². The average molecular weight is 835 g/mol. The van der Waals surface area contributed by atoms with Crippen LogP contribution in [0.1, 0.15) is 82.0 Å². The van der Waals surface area contributed by atoms with Crippen LogP contribution in [0.4, 0.5) is 4.79 Å². The molecule has 0 spiro atoms. The van der Waals surface area contributed by atoms with E-state index in [2.05, 4.69) is 75.7 Å². The number of hydrogen-bond acceptors (Lipinski definition) is 6. The molecule has 1 aliphatic carbocycles. The number of nitrogens with zero attached hydrogens (tertiary/aromatic N) is 3. The van der Waals surface area contributed by atoms with Gasteiger partial charge in [0, 0.05) is 77.0 Å². The molecule has 2 unspecified atom stereocenters. The number of hydrogen-bond donors (Lipinski definition) is 3. The summed E-state index contributed by atoms with van der Waals surface area (Å²) in [5.41, 5.74) is 4.13. The molecule has 0 radical (unpaired) electrons. The zero-order valence-electron chi connectivity index (χ0n) is 28.9. The molecular weight excluding hydrogens is 788 g/mol. The number of dihydropyridines is 1. The van der Waals surface area contributed by atoms with Crippen molar-refractivity contribution in [3.05, 3.63) is 73.3 Å². The molecule has 1 aromatic carbocycles. The van der Waals surface area contributed by atoms with Gasteiger partial charge in [0.25, 0.3) is 0 Å². The predicted molar refractivity (Wildman–Crippen MR) is 201 cm³/mol. The molecule has 10 nitrogen and oxygen atoms in total. The van der Waals surface area contributed by atoms with Gasteiger partial charge < -0.3 is 30.2 Å². The van der Waals surface area contributed by atoms with Gasteiger partial charge in [-0.25, -0.2) is 9.78 Å². The van der Waals surface area contributed by atoms with Crippen molar-refractivity contribution in [3.63, 3.8) is 0 Å². The van der Waals surface area contributed by atoms with Gasteiger partial charge in [0.2, 0.25) is 11.8 Å². The van der Waals surface area contributed by atoms with Crippen molar-refractivity contribution in [3.8, 4) is 0 Å². The highest BCUT2D eigenvalue weighted by molar-refractivity contribution is 9.12. The third-order valence-electron chi connectivity index (χ3n) is 10.4. The molecule has 1 aromatic heterocycles. The summed E-state index contributed by atoms with van der Waals surface area (Å²) >= 11 is 14.1. The zero-order valence-corrected chi connectivity index (χ0v) is 32.9. The minimum Gasteiger partial charge on any atom is -0.444 e. The summed E-state index contributed by atoms with van der Waals surface area (Å²) in [5, 5.41) is 7.23. The molecule has 0 saturated carbocycles. The molecule has 2 fully saturated rings. The maximum atomic E-state index is 13.6. The Kier molecular flexibility index (Phi) is 11.7. The molecule has 6 rings (SSSR count). The van der Waals surface area contributed by atoms with Crippen molar-refractivity contribution in [2.45, 2.75) is 95.7 Å². The smallest absolute Gasteiger partial charge is 0.408 e. The molecule has 270 valence electrons. The maximum Gasteiger partial charge on any atom is 0.408 e. The van der Waals surface area contributed by atoms with Gasteiger partial charge in [-0.05, 0) is 122 Å². The lowest BCUT2D eigenvalue weighted by atomic mass is 9.73. The highest BCUT2D eigenvalue weighted by Gasteiger charge is 2.40. The Labute approximate surface area is 316 Å². The van der Waals surface area contributed by atoms with Gasteiger partial charge >= 0.3 is 6.09 Å². The monoisotopic (exact) mass is 832 g/mol. The topological polar surface area (TPSA) is 120 Å². The van der Waals surface area contributed by atoms with Crippen molar-refractivity contribution in [2.24, 2.45) is 11.8 Å². The number of halogens is 3. The minimum atomic E-state index is -0.782. The first kappa shape index (κ1) is 36.9. The fraction of sp³-hybridized carbons (Fsp3) is 0.568. The summed E-state index contributed by atoms with van der Waals surface area (Å²) in [5.74, 6) is 0.947. The molecule has 50 heavy (non-hydrogen) atoms. The van der Waals surface area contributed by atoms with Crippen LogP contribution in [0.2, 0.25) is 5.02 Å². The highest BCUT2D eigenvalue weighted by atomic mass is 79.9. The third-order valence-corrected chi connectivity index (χ3v) is 11.8. The van der Waals surface area contributed by atoms with Crippen LogP contribution in [0.3, 0.4) is 0 Å². The first-order chi connectivity index (χ1) is 23.8. The Morgan fingerprint density at radius 2 is 1.78 bits per heavy atom. The van der Waals surface area contributed by atoms with E-state index in [-0.39, 0.29) is 36.1 Å². The normalized spacial score (nSPS) is 22.3. The SMILES string of the molecule is CC(C)(C)OC(=O)N[C@@H](Cc1cnc[nH]1)C(=O)N1CCC(CC(=O)N2CCC(C3c4c(Br)cc(Cl)cc4CCC4=CC(Br)=CNC43)CC2)CC1. The molecule has 4 aliphatic rings. The van der Waals surface area contributed by atoms with Crippen LogP contribution in [0, 0.1) is 11.8 Å². The average Bonchev–Trinajstić information content (AvgIpc) is 3.52. The Balaban J connectivity index is 1.04. The fourth-order valence-electron chi connectivity index (χ4n) is 8.05. The number of H-pyrrole nitrogens is 1. The summed E-state index contributed by atoms with van der Waals surface area (Å²) in [7, 11) is 0. The second-order valence-electron chi connectivity index (χ2n) is 15.0. The number of allylic oxidation sites excluding steroid dienone is 2. The van der Waals surface area contributed by atoms with E-state index in [0.717, 1.165) is 71.3 Å². The lowest BCUT2D eigenvalue weighted by Gasteiger charge is -2.41. The van der Waals surface area contributed by atoms with E-state index in [1.807, 2.05) is 6.07 Å². The van der Waals surface area contributed by atoms with E-state index in [4.69, 9.17) is 16.3 Å². The molecule has 3 atom stereocenters. The van der Waals surface area contributed by atoms with E-state index >= 15 is 0 Å². The minimum absolute atomic E-state index is 0.153. The Hall–Kier alpha value is -2.83. The number of fused-ring (bicyclic) bond motifs is 2. The van der Waals surface area contributed by atoms with Crippen LogP contribution in [-0.4, -0.2) is 81.5 Å². The number of imidazole rings is 1. The second kappa shape index (κ2) is 15.8.